The lowest BCUT2D eigenvalue weighted by atomic mass is 9.97. The number of benzene rings is 1. The van der Waals surface area contributed by atoms with Crippen molar-refractivity contribution in [2.24, 2.45) is 5.41 Å². The van der Waals surface area contributed by atoms with Gasteiger partial charge in [0.05, 0.1) is 4.92 Å². The Hall–Kier alpha value is -2.05. The molecule has 0 aliphatic carbocycles. The number of nitrogens with one attached hydrogen (secondary N) is 1. The van der Waals surface area contributed by atoms with E-state index in [1.807, 2.05) is 20.8 Å². The molecule has 104 valence electrons. The minimum Gasteiger partial charge on any atom is -0.351 e. The molecular formula is C12H14F2N2O3. The van der Waals surface area contributed by atoms with E-state index in [1.165, 1.54) is 0 Å². The normalized spacial score (nSPS) is 11.2. The summed E-state index contributed by atoms with van der Waals surface area (Å²) in [5, 5.41) is 12.9. The Bertz CT molecular complexity index is 524. The van der Waals surface area contributed by atoms with Gasteiger partial charge in [-0.3, -0.25) is 14.9 Å². The topological polar surface area (TPSA) is 72.2 Å². The van der Waals surface area contributed by atoms with Gasteiger partial charge in [-0.15, -0.1) is 0 Å². The van der Waals surface area contributed by atoms with E-state index in [0.717, 1.165) is 0 Å². The van der Waals surface area contributed by atoms with Crippen LogP contribution in [0.1, 0.15) is 31.1 Å². The summed E-state index contributed by atoms with van der Waals surface area (Å²) in [4.78, 5) is 21.2. The van der Waals surface area contributed by atoms with Crippen LogP contribution < -0.4 is 5.32 Å². The van der Waals surface area contributed by atoms with Gasteiger partial charge in [-0.1, -0.05) is 20.8 Å². The Kier molecular flexibility index (Phi) is 4.18. The van der Waals surface area contributed by atoms with Gasteiger partial charge in [0.25, 0.3) is 5.91 Å². The molecular weight excluding hydrogens is 258 g/mol. The minimum absolute atomic E-state index is 0.188. The standard InChI is InChI=1S/C12H14F2N2O3/c1-12(2,3)6-15-11(17)9-7(13)4-5-8(10(9)14)16(18)19/h4-5H,6H2,1-3H3,(H,15,17). The summed E-state index contributed by atoms with van der Waals surface area (Å²) < 4.78 is 27.2. The van der Waals surface area contributed by atoms with Crippen molar-refractivity contribution in [2.75, 3.05) is 6.54 Å². The van der Waals surface area contributed by atoms with Crippen molar-refractivity contribution >= 4 is 11.6 Å². The van der Waals surface area contributed by atoms with E-state index in [0.29, 0.717) is 12.1 Å². The number of rotatable bonds is 3. The highest BCUT2D eigenvalue weighted by Crippen LogP contribution is 2.23. The zero-order chi connectivity index (χ0) is 14.8. The summed E-state index contributed by atoms with van der Waals surface area (Å²) >= 11 is 0. The molecule has 0 saturated heterocycles. The number of nitro benzene ring substituents is 1. The molecule has 19 heavy (non-hydrogen) atoms. The summed E-state index contributed by atoms with van der Waals surface area (Å²) in [6, 6.07) is 1.39. The van der Waals surface area contributed by atoms with Gasteiger partial charge in [-0.2, -0.15) is 4.39 Å². The molecule has 0 aliphatic heterocycles. The Labute approximate surface area is 108 Å². The second kappa shape index (κ2) is 5.29. The van der Waals surface area contributed by atoms with Gasteiger partial charge in [0.1, 0.15) is 11.4 Å². The molecule has 1 aromatic carbocycles. The zero-order valence-electron chi connectivity index (χ0n) is 10.8. The molecule has 1 amide bonds. The van der Waals surface area contributed by atoms with Crippen molar-refractivity contribution < 1.29 is 18.5 Å². The molecule has 0 bridgehead atoms. The number of nitro groups is 1. The van der Waals surface area contributed by atoms with Crippen LogP contribution in [0.2, 0.25) is 0 Å². The largest absolute Gasteiger partial charge is 0.351 e. The van der Waals surface area contributed by atoms with E-state index in [4.69, 9.17) is 0 Å². The highest BCUT2D eigenvalue weighted by Gasteiger charge is 2.26. The molecule has 1 rings (SSSR count). The van der Waals surface area contributed by atoms with Crippen LogP contribution in [0.5, 0.6) is 0 Å². The van der Waals surface area contributed by atoms with Gasteiger partial charge in [-0.25, -0.2) is 4.39 Å². The summed E-state index contributed by atoms with van der Waals surface area (Å²) in [7, 11) is 0. The van der Waals surface area contributed by atoms with Crippen molar-refractivity contribution in [3.63, 3.8) is 0 Å². The molecule has 0 unspecified atom stereocenters. The number of carbonyl (C=O) groups excluding carboxylic acids is 1. The van der Waals surface area contributed by atoms with Crippen LogP contribution in [0, 0.1) is 27.2 Å². The lowest BCUT2D eigenvalue weighted by molar-refractivity contribution is -0.387. The molecule has 5 nitrogen and oxygen atoms in total. The highest BCUT2D eigenvalue weighted by atomic mass is 19.1. The molecule has 0 radical (unpaired) electrons. The van der Waals surface area contributed by atoms with Gasteiger partial charge in [0.15, 0.2) is 0 Å². The second-order valence-corrected chi connectivity index (χ2v) is 5.26. The number of nitrogens with zero attached hydrogens (tertiary/aromatic N) is 1. The first-order valence-corrected chi connectivity index (χ1v) is 5.54. The number of carbonyl (C=O) groups is 1. The maximum absolute atomic E-state index is 13.7. The van der Waals surface area contributed by atoms with Crippen LogP contribution in [-0.2, 0) is 0 Å². The lowest BCUT2D eigenvalue weighted by Crippen LogP contribution is -2.33. The van der Waals surface area contributed by atoms with Crippen molar-refractivity contribution in [1.82, 2.24) is 5.32 Å². The molecule has 0 aliphatic rings. The Morgan fingerprint density at radius 2 is 1.95 bits per heavy atom. The van der Waals surface area contributed by atoms with Crippen LogP contribution in [0.3, 0.4) is 0 Å². The molecule has 7 heteroatoms. The van der Waals surface area contributed by atoms with Crippen molar-refractivity contribution in [1.29, 1.82) is 0 Å². The van der Waals surface area contributed by atoms with Gasteiger partial charge in [0.2, 0.25) is 5.82 Å². The summed E-state index contributed by atoms with van der Waals surface area (Å²) in [6.45, 7) is 5.67. The molecule has 0 atom stereocenters. The smallest absolute Gasteiger partial charge is 0.305 e. The van der Waals surface area contributed by atoms with Gasteiger partial charge < -0.3 is 5.32 Å². The van der Waals surface area contributed by atoms with E-state index in [1.54, 1.807) is 0 Å². The summed E-state index contributed by atoms with van der Waals surface area (Å²) in [6.07, 6.45) is 0. The molecule has 1 N–H and O–H groups in total. The predicted octanol–water partition coefficient (Wildman–Crippen LogP) is 2.65. The highest BCUT2D eigenvalue weighted by molar-refractivity contribution is 5.95. The molecule has 0 saturated carbocycles. The third-order valence-electron chi connectivity index (χ3n) is 2.27. The first-order chi connectivity index (χ1) is 8.63. The van der Waals surface area contributed by atoms with Crippen LogP contribution in [0.4, 0.5) is 14.5 Å². The third-order valence-corrected chi connectivity index (χ3v) is 2.27. The SMILES string of the molecule is CC(C)(C)CNC(=O)c1c(F)ccc([N+](=O)[O-])c1F. The summed E-state index contributed by atoms with van der Waals surface area (Å²) in [5.74, 6) is -3.60. The van der Waals surface area contributed by atoms with E-state index in [-0.39, 0.29) is 12.0 Å². The average molecular weight is 272 g/mol. The Balaban J connectivity index is 3.09. The van der Waals surface area contributed by atoms with Gasteiger partial charge in [-0.05, 0) is 11.5 Å². The number of halogens is 2. The van der Waals surface area contributed by atoms with Crippen molar-refractivity contribution in [2.45, 2.75) is 20.8 Å². The minimum atomic E-state index is -1.46. The van der Waals surface area contributed by atoms with E-state index in [2.05, 4.69) is 5.32 Å². The Morgan fingerprint density at radius 3 is 2.42 bits per heavy atom. The van der Waals surface area contributed by atoms with E-state index < -0.39 is 33.7 Å². The van der Waals surface area contributed by atoms with Crippen LogP contribution in [-0.4, -0.2) is 17.4 Å². The molecule has 0 aromatic heterocycles. The van der Waals surface area contributed by atoms with Crippen molar-refractivity contribution in [3.8, 4) is 0 Å². The maximum atomic E-state index is 13.7. The first kappa shape index (κ1) is 15.0. The van der Waals surface area contributed by atoms with E-state index >= 15 is 0 Å². The third kappa shape index (κ3) is 3.70. The number of hydrogen-bond acceptors (Lipinski definition) is 3. The molecule has 0 spiro atoms. The van der Waals surface area contributed by atoms with Crippen molar-refractivity contribution in [3.05, 3.63) is 39.4 Å². The fourth-order valence-corrected chi connectivity index (χ4v) is 1.32. The molecule has 0 heterocycles. The molecule has 1 aromatic rings. The second-order valence-electron chi connectivity index (χ2n) is 5.26. The first-order valence-electron chi connectivity index (χ1n) is 5.54. The fourth-order valence-electron chi connectivity index (χ4n) is 1.32. The zero-order valence-corrected chi connectivity index (χ0v) is 10.8. The van der Waals surface area contributed by atoms with Crippen LogP contribution in [0.25, 0.3) is 0 Å². The number of hydrogen-bond donors (Lipinski definition) is 1. The lowest BCUT2D eigenvalue weighted by Gasteiger charge is -2.18. The maximum Gasteiger partial charge on any atom is 0.305 e. The molecule has 0 fully saturated rings. The van der Waals surface area contributed by atoms with Crippen LogP contribution >= 0.6 is 0 Å². The average Bonchev–Trinajstić information content (AvgIpc) is 2.24. The monoisotopic (exact) mass is 272 g/mol. The quantitative estimate of drug-likeness (QED) is 0.679. The summed E-state index contributed by atoms with van der Waals surface area (Å²) in [5.41, 5.74) is -2.13. The van der Waals surface area contributed by atoms with Crippen LogP contribution in [0.15, 0.2) is 12.1 Å². The van der Waals surface area contributed by atoms with Gasteiger partial charge in [0, 0.05) is 12.6 Å². The predicted molar refractivity (Wildman–Crippen MR) is 64.8 cm³/mol. The van der Waals surface area contributed by atoms with E-state index in [9.17, 15) is 23.7 Å². The Morgan fingerprint density at radius 1 is 1.37 bits per heavy atom. The number of amides is 1. The van der Waals surface area contributed by atoms with Gasteiger partial charge >= 0.3 is 5.69 Å². The fraction of sp³-hybridized carbons (Fsp3) is 0.417.